The maximum absolute atomic E-state index is 9.08. The third-order valence-corrected chi connectivity index (χ3v) is 1.62. The molecule has 0 amide bonds. The van der Waals surface area contributed by atoms with Gasteiger partial charge < -0.3 is 31.3 Å². The van der Waals surface area contributed by atoms with Gasteiger partial charge in [0.05, 0.1) is 6.61 Å². The number of rotatable bonds is 5. The van der Waals surface area contributed by atoms with E-state index in [1.807, 2.05) is 0 Å². The molecule has 0 fully saturated rings. The van der Waals surface area contributed by atoms with Crippen LogP contribution in [0.15, 0.2) is 0 Å². The van der Waals surface area contributed by atoms with Crippen LogP contribution < -0.4 is 5.73 Å². The number of hydrogen-bond donors (Lipinski definition) is 6. The van der Waals surface area contributed by atoms with Crippen molar-refractivity contribution in [3.63, 3.8) is 0 Å². The van der Waals surface area contributed by atoms with Crippen LogP contribution in [-0.4, -0.2) is 63.1 Å². The Labute approximate surface area is 69.9 Å². The van der Waals surface area contributed by atoms with Crippen molar-refractivity contribution in [2.24, 2.45) is 0 Å². The third kappa shape index (κ3) is 3.02. The number of hydrogen-bond acceptors (Lipinski definition) is 5. The summed E-state index contributed by atoms with van der Waals surface area (Å²) < 4.78 is 0. The fraction of sp³-hybridized carbons (Fsp3) is 1.00. The van der Waals surface area contributed by atoms with Crippen molar-refractivity contribution in [2.45, 2.75) is 24.4 Å². The summed E-state index contributed by atoms with van der Waals surface area (Å²) in [7, 11) is 0. The molecular formula is C6H16NO5+. The summed E-state index contributed by atoms with van der Waals surface area (Å²) in [6, 6.07) is 0. The first-order valence-electron chi connectivity index (χ1n) is 3.67. The van der Waals surface area contributed by atoms with Gasteiger partial charge in [0.15, 0.2) is 0 Å². The second-order valence-electron chi connectivity index (χ2n) is 2.59. The molecule has 0 aromatic carbocycles. The van der Waals surface area contributed by atoms with Crippen LogP contribution in [0.25, 0.3) is 0 Å². The largest absolute Gasteiger partial charge is 0.394 e. The van der Waals surface area contributed by atoms with Crippen LogP contribution in [0.4, 0.5) is 0 Å². The molecule has 74 valence electrons. The van der Waals surface area contributed by atoms with Crippen molar-refractivity contribution in [1.82, 2.24) is 0 Å². The Morgan fingerprint density at radius 2 is 1.33 bits per heavy atom. The van der Waals surface area contributed by atoms with Gasteiger partial charge in [-0.05, 0) is 0 Å². The van der Waals surface area contributed by atoms with E-state index >= 15 is 0 Å². The predicted octanol–water partition coefficient (Wildman–Crippen LogP) is -4.34. The second-order valence-corrected chi connectivity index (χ2v) is 2.59. The molecule has 0 saturated carbocycles. The molecular weight excluding hydrogens is 166 g/mol. The van der Waals surface area contributed by atoms with Gasteiger partial charge in [-0.25, -0.2) is 0 Å². The van der Waals surface area contributed by atoms with Gasteiger partial charge in [-0.1, -0.05) is 0 Å². The van der Waals surface area contributed by atoms with Crippen LogP contribution in [0, 0.1) is 0 Å². The van der Waals surface area contributed by atoms with E-state index in [0.29, 0.717) is 0 Å². The molecule has 0 aliphatic rings. The smallest absolute Gasteiger partial charge is 0.131 e. The quantitative estimate of drug-likeness (QED) is 0.256. The molecule has 0 bridgehead atoms. The van der Waals surface area contributed by atoms with Crippen LogP contribution >= 0.6 is 0 Å². The van der Waals surface area contributed by atoms with E-state index in [9.17, 15) is 0 Å². The van der Waals surface area contributed by atoms with Gasteiger partial charge in [0.1, 0.15) is 31.0 Å². The predicted molar refractivity (Wildman–Crippen MR) is 38.9 cm³/mol. The Morgan fingerprint density at radius 3 is 1.67 bits per heavy atom. The lowest BCUT2D eigenvalue weighted by Crippen LogP contribution is -2.61. The average Bonchev–Trinajstić information content (AvgIpc) is 2.12. The Balaban J connectivity index is 3.99. The standard InChI is InChI=1S/C6H15NO5/c7-1-3(9)5(11)6(12)4(10)2-8/h3-6,8-12H,1-2,7H2/p+1/t3-,4+,5+,6+/m0/s1. The first kappa shape index (κ1) is 11.8. The van der Waals surface area contributed by atoms with Gasteiger partial charge in [0.2, 0.25) is 0 Å². The molecule has 0 rings (SSSR count). The van der Waals surface area contributed by atoms with Crippen LogP contribution in [-0.2, 0) is 0 Å². The summed E-state index contributed by atoms with van der Waals surface area (Å²) >= 11 is 0. The molecule has 8 N–H and O–H groups in total. The fourth-order valence-corrected chi connectivity index (χ4v) is 0.734. The summed E-state index contributed by atoms with van der Waals surface area (Å²) in [6.07, 6.45) is -5.67. The highest BCUT2D eigenvalue weighted by Crippen LogP contribution is 2.03. The maximum atomic E-state index is 9.08. The summed E-state index contributed by atoms with van der Waals surface area (Å²) in [5, 5.41) is 44.3. The Morgan fingerprint density at radius 1 is 0.917 bits per heavy atom. The van der Waals surface area contributed by atoms with E-state index in [0.717, 1.165) is 0 Å². The molecule has 12 heavy (non-hydrogen) atoms. The maximum Gasteiger partial charge on any atom is 0.131 e. The van der Waals surface area contributed by atoms with Gasteiger partial charge in [0.25, 0.3) is 0 Å². The van der Waals surface area contributed by atoms with Gasteiger partial charge in [-0.2, -0.15) is 0 Å². The van der Waals surface area contributed by atoms with Gasteiger partial charge in [-0.3, -0.25) is 0 Å². The first-order valence-corrected chi connectivity index (χ1v) is 3.67. The molecule has 0 saturated heterocycles. The first-order chi connectivity index (χ1) is 5.54. The van der Waals surface area contributed by atoms with Crippen LogP contribution in [0.5, 0.6) is 0 Å². The monoisotopic (exact) mass is 182 g/mol. The summed E-state index contributed by atoms with van der Waals surface area (Å²) in [5.74, 6) is 0. The van der Waals surface area contributed by atoms with E-state index in [2.05, 4.69) is 5.73 Å². The fourth-order valence-electron chi connectivity index (χ4n) is 0.734. The molecule has 6 nitrogen and oxygen atoms in total. The highest BCUT2D eigenvalue weighted by Gasteiger charge is 2.29. The topological polar surface area (TPSA) is 129 Å². The molecule has 0 aromatic rings. The molecule has 0 radical (unpaired) electrons. The Bertz CT molecular complexity index is 109. The summed E-state index contributed by atoms with van der Waals surface area (Å²) in [5.41, 5.74) is 3.31. The lowest BCUT2D eigenvalue weighted by molar-refractivity contribution is -0.390. The second kappa shape index (κ2) is 5.41. The van der Waals surface area contributed by atoms with E-state index in [4.69, 9.17) is 25.5 Å². The molecule has 0 unspecified atom stereocenters. The minimum atomic E-state index is -1.55. The van der Waals surface area contributed by atoms with Crippen molar-refractivity contribution >= 4 is 0 Å². The summed E-state index contributed by atoms with van der Waals surface area (Å²) in [4.78, 5) is 0. The molecule has 0 heterocycles. The van der Waals surface area contributed by atoms with Gasteiger partial charge >= 0.3 is 0 Å². The summed E-state index contributed by atoms with van der Waals surface area (Å²) in [6.45, 7) is -0.640. The third-order valence-electron chi connectivity index (χ3n) is 1.62. The van der Waals surface area contributed by atoms with Gasteiger partial charge in [0, 0.05) is 0 Å². The van der Waals surface area contributed by atoms with Crippen molar-refractivity contribution in [2.75, 3.05) is 13.2 Å². The van der Waals surface area contributed by atoms with Crippen molar-refractivity contribution < 1.29 is 31.3 Å². The van der Waals surface area contributed by atoms with Crippen LogP contribution in [0.3, 0.4) is 0 Å². The minimum absolute atomic E-state index is 0.0242. The zero-order valence-corrected chi connectivity index (χ0v) is 6.67. The lowest BCUT2D eigenvalue weighted by atomic mass is 10.0. The highest BCUT2D eigenvalue weighted by molar-refractivity contribution is 4.79. The number of quaternary nitrogens is 1. The van der Waals surface area contributed by atoms with Crippen molar-refractivity contribution in [1.29, 1.82) is 0 Å². The van der Waals surface area contributed by atoms with Crippen LogP contribution in [0.1, 0.15) is 0 Å². The van der Waals surface area contributed by atoms with E-state index < -0.39 is 31.0 Å². The SMILES string of the molecule is [NH3+]C[C@H](O)[C@@H](O)[C@H](O)[C@H](O)CO. The number of aliphatic hydroxyl groups is 5. The Hall–Kier alpha value is -0.240. The molecule has 0 aliphatic carbocycles. The lowest BCUT2D eigenvalue weighted by Gasteiger charge is -2.23. The number of aliphatic hydroxyl groups excluding tert-OH is 5. The molecule has 0 aliphatic heterocycles. The molecule has 6 heteroatoms. The van der Waals surface area contributed by atoms with E-state index in [-0.39, 0.29) is 6.54 Å². The van der Waals surface area contributed by atoms with Crippen molar-refractivity contribution in [3.8, 4) is 0 Å². The molecule has 4 atom stereocenters. The zero-order valence-electron chi connectivity index (χ0n) is 6.67. The zero-order chi connectivity index (χ0) is 9.72. The van der Waals surface area contributed by atoms with E-state index in [1.54, 1.807) is 0 Å². The van der Waals surface area contributed by atoms with E-state index in [1.165, 1.54) is 0 Å². The van der Waals surface area contributed by atoms with Crippen LogP contribution in [0.2, 0.25) is 0 Å². The molecule has 0 aromatic heterocycles. The average molecular weight is 182 g/mol. The van der Waals surface area contributed by atoms with Crippen molar-refractivity contribution in [3.05, 3.63) is 0 Å². The van der Waals surface area contributed by atoms with Gasteiger partial charge in [-0.15, -0.1) is 0 Å². The normalized spacial score (nSPS) is 21.5. The molecule has 0 spiro atoms. The highest BCUT2D eigenvalue weighted by atomic mass is 16.4. The minimum Gasteiger partial charge on any atom is -0.394 e. The Kier molecular flexibility index (Phi) is 5.31.